The van der Waals surface area contributed by atoms with Gasteiger partial charge in [-0.3, -0.25) is 9.36 Å². The lowest BCUT2D eigenvalue weighted by atomic mass is 9.85. The minimum absolute atomic E-state index is 0.0318. The third-order valence-corrected chi connectivity index (χ3v) is 4.22. The van der Waals surface area contributed by atoms with Crippen molar-refractivity contribution in [3.05, 3.63) is 64.3 Å². The van der Waals surface area contributed by atoms with E-state index in [2.05, 4.69) is 69.2 Å². The van der Waals surface area contributed by atoms with Crippen LogP contribution < -0.4 is 11.0 Å². The second-order valence-corrected chi connectivity index (χ2v) is 7.69. The van der Waals surface area contributed by atoms with Crippen molar-refractivity contribution >= 4 is 5.91 Å². The van der Waals surface area contributed by atoms with Crippen molar-refractivity contribution in [1.82, 2.24) is 14.9 Å². The molecule has 1 N–H and O–H groups in total. The zero-order valence-electron chi connectivity index (χ0n) is 15.6. The Morgan fingerprint density at radius 2 is 1.84 bits per heavy atom. The first-order valence-corrected chi connectivity index (χ1v) is 8.60. The van der Waals surface area contributed by atoms with Crippen molar-refractivity contribution in [1.29, 1.82) is 0 Å². The van der Waals surface area contributed by atoms with E-state index in [1.54, 1.807) is 12.3 Å². The van der Waals surface area contributed by atoms with Gasteiger partial charge in [-0.1, -0.05) is 58.9 Å². The van der Waals surface area contributed by atoms with Gasteiger partial charge >= 0.3 is 5.69 Å². The van der Waals surface area contributed by atoms with Crippen LogP contribution in [0.1, 0.15) is 51.8 Å². The Bertz CT molecular complexity index is 771. The number of hydrogen-bond acceptors (Lipinski definition) is 3. The molecule has 1 heterocycles. The molecule has 0 aliphatic heterocycles. The molecule has 0 saturated heterocycles. The number of amides is 1. The van der Waals surface area contributed by atoms with Crippen LogP contribution in [0.2, 0.25) is 0 Å². The van der Waals surface area contributed by atoms with E-state index in [9.17, 15) is 9.59 Å². The number of hydrogen-bond donors (Lipinski definition) is 1. The van der Waals surface area contributed by atoms with Crippen LogP contribution in [0.15, 0.2) is 47.5 Å². The molecule has 0 saturated carbocycles. The molecule has 0 aliphatic carbocycles. The lowest BCUT2D eigenvalue weighted by Crippen LogP contribution is -2.36. The summed E-state index contributed by atoms with van der Waals surface area (Å²) in [7, 11) is 0. The smallest absolute Gasteiger partial charge is 0.347 e. The molecule has 1 aromatic carbocycles. The number of rotatable bonds is 5. The van der Waals surface area contributed by atoms with Gasteiger partial charge in [-0.15, -0.1) is 0 Å². The topological polar surface area (TPSA) is 64.0 Å². The Hall–Kier alpha value is -2.43. The zero-order valence-corrected chi connectivity index (χ0v) is 15.6. The fourth-order valence-corrected chi connectivity index (χ4v) is 2.71. The maximum atomic E-state index is 12.4. The first kappa shape index (κ1) is 18.9. The Labute approximate surface area is 149 Å². The number of nitrogens with one attached hydrogen (secondary N) is 1. The van der Waals surface area contributed by atoms with Crippen molar-refractivity contribution in [3.63, 3.8) is 0 Å². The van der Waals surface area contributed by atoms with Crippen molar-refractivity contribution in [2.24, 2.45) is 5.92 Å². The van der Waals surface area contributed by atoms with E-state index in [4.69, 9.17) is 0 Å². The third kappa shape index (κ3) is 5.02. The third-order valence-electron chi connectivity index (χ3n) is 4.22. The summed E-state index contributed by atoms with van der Waals surface area (Å²) < 4.78 is 1.30. The lowest BCUT2D eigenvalue weighted by Gasteiger charge is -2.25. The highest BCUT2D eigenvalue weighted by Crippen LogP contribution is 2.26. The number of benzene rings is 1. The summed E-state index contributed by atoms with van der Waals surface area (Å²) in [5.41, 5.74) is 1.99. The molecule has 1 aromatic heterocycles. The molecule has 25 heavy (non-hydrogen) atoms. The highest BCUT2D eigenvalue weighted by atomic mass is 16.2. The Morgan fingerprint density at radius 3 is 2.36 bits per heavy atom. The van der Waals surface area contributed by atoms with Gasteiger partial charge < -0.3 is 5.32 Å². The van der Waals surface area contributed by atoms with Crippen molar-refractivity contribution in [3.8, 4) is 0 Å². The summed E-state index contributed by atoms with van der Waals surface area (Å²) in [6.07, 6.45) is 2.99. The number of nitrogens with zero attached hydrogens (tertiary/aromatic N) is 2. The SMILES string of the molecule is CC(C)C(NC(=O)Cn1cccnc1=O)c1ccc(C(C)(C)C)cc1. The van der Waals surface area contributed by atoms with E-state index in [0.29, 0.717) is 0 Å². The van der Waals surface area contributed by atoms with Crippen LogP contribution in [0, 0.1) is 5.92 Å². The van der Waals surface area contributed by atoms with Gasteiger partial charge in [-0.05, 0) is 28.5 Å². The summed E-state index contributed by atoms with van der Waals surface area (Å²) in [6, 6.07) is 9.91. The average Bonchev–Trinajstić information content (AvgIpc) is 2.54. The maximum Gasteiger partial charge on any atom is 0.347 e. The lowest BCUT2D eigenvalue weighted by molar-refractivity contribution is -0.122. The summed E-state index contributed by atoms with van der Waals surface area (Å²) in [5, 5.41) is 3.04. The fraction of sp³-hybridized carbons (Fsp3) is 0.450. The van der Waals surface area contributed by atoms with E-state index >= 15 is 0 Å². The van der Waals surface area contributed by atoms with E-state index in [1.807, 2.05) is 0 Å². The molecular weight excluding hydrogens is 314 g/mol. The van der Waals surface area contributed by atoms with Crippen LogP contribution in [-0.2, 0) is 16.8 Å². The minimum Gasteiger partial charge on any atom is -0.347 e. The largest absolute Gasteiger partial charge is 0.347 e. The van der Waals surface area contributed by atoms with Crippen molar-refractivity contribution < 1.29 is 4.79 Å². The second kappa shape index (κ2) is 7.64. The Morgan fingerprint density at radius 1 is 1.20 bits per heavy atom. The maximum absolute atomic E-state index is 12.4. The van der Waals surface area contributed by atoms with Gasteiger partial charge in [0, 0.05) is 12.4 Å². The normalized spacial score (nSPS) is 12.9. The molecule has 1 atom stereocenters. The van der Waals surface area contributed by atoms with Gasteiger partial charge in [0.1, 0.15) is 6.54 Å². The quantitative estimate of drug-likeness (QED) is 0.909. The summed E-state index contributed by atoms with van der Waals surface area (Å²) in [6.45, 7) is 10.6. The number of carbonyl (C=O) groups is 1. The fourth-order valence-electron chi connectivity index (χ4n) is 2.71. The number of carbonyl (C=O) groups excluding carboxylic acids is 1. The summed E-state index contributed by atoms with van der Waals surface area (Å²) in [5.74, 6) is 0.0313. The van der Waals surface area contributed by atoms with Crippen LogP contribution in [0.3, 0.4) is 0 Å². The van der Waals surface area contributed by atoms with E-state index in [-0.39, 0.29) is 29.8 Å². The predicted octanol–water partition coefficient (Wildman–Crippen LogP) is 3.05. The second-order valence-electron chi connectivity index (χ2n) is 7.69. The van der Waals surface area contributed by atoms with E-state index < -0.39 is 5.69 Å². The van der Waals surface area contributed by atoms with Crippen LogP contribution in [0.4, 0.5) is 0 Å². The zero-order chi connectivity index (χ0) is 18.6. The van der Waals surface area contributed by atoms with Crippen molar-refractivity contribution in [2.75, 3.05) is 0 Å². The molecule has 0 bridgehead atoms. The first-order valence-electron chi connectivity index (χ1n) is 8.60. The van der Waals surface area contributed by atoms with Gasteiger partial charge in [0.25, 0.3) is 0 Å². The summed E-state index contributed by atoms with van der Waals surface area (Å²) in [4.78, 5) is 27.7. The van der Waals surface area contributed by atoms with Gasteiger partial charge in [-0.2, -0.15) is 0 Å². The van der Waals surface area contributed by atoms with Crippen LogP contribution >= 0.6 is 0 Å². The molecule has 0 fully saturated rings. The highest BCUT2D eigenvalue weighted by molar-refractivity contribution is 5.76. The molecule has 0 aliphatic rings. The predicted molar refractivity (Wildman–Crippen MR) is 99.4 cm³/mol. The highest BCUT2D eigenvalue weighted by Gasteiger charge is 2.20. The van der Waals surface area contributed by atoms with Gasteiger partial charge in [0.2, 0.25) is 5.91 Å². The minimum atomic E-state index is -0.423. The van der Waals surface area contributed by atoms with E-state index in [1.165, 1.54) is 16.3 Å². The van der Waals surface area contributed by atoms with Crippen molar-refractivity contribution in [2.45, 2.75) is 52.6 Å². The Balaban J connectivity index is 2.14. The molecule has 1 unspecified atom stereocenters. The number of aromatic nitrogens is 2. The molecule has 2 rings (SSSR count). The molecular formula is C20H27N3O2. The molecule has 0 spiro atoms. The molecule has 1 amide bonds. The van der Waals surface area contributed by atoms with Crippen LogP contribution in [0.5, 0.6) is 0 Å². The molecule has 5 nitrogen and oxygen atoms in total. The molecule has 2 aromatic rings. The van der Waals surface area contributed by atoms with Crippen LogP contribution in [0.25, 0.3) is 0 Å². The first-order chi connectivity index (χ1) is 11.7. The van der Waals surface area contributed by atoms with Crippen LogP contribution in [-0.4, -0.2) is 15.5 Å². The monoisotopic (exact) mass is 341 g/mol. The molecule has 134 valence electrons. The molecule has 0 radical (unpaired) electrons. The Kier molecular flexibility index (Phi) is 5.77. The van der Waals surface area contributed by atoms with E-state index in [0.717, 1.165) is 5.56 Å². The summed E-state index contributed by atoms with van der Waals surface area (Å²) >= 11 is 0. The average molecular weight is 341 g/mol. The van der Waals surface area contributed by atoms with Gasteiger partial charge in [0.05, 0.1) is 6.04 Å². The van der Waals surface area contributed by atoms with Gasteiger partial charge in [-0.25, -0.2) is 9.78 Å². The molecule has 5 heteroatoms. The standard InChI is InChI=1S/C20H27N3O2/c1-14(2)18(15-7-9-16(10-8-15)20(3,4)5)22-17(24)13-23-12-6-11-21-19(23)25/h6-12,14,18H,13H2,1-5H3,(H,22,24). The van der Waals surface area contributed by atoms with Gasteiger partial charge in [0.15, 0.2) is 0 Å².